The molecule has 0 aliphatic carbocycles. The first-order valence-electron chi connectivity index (χ1n) is 7.02. The highest BCUT2D eigenvalue weighted by molar-refractivity contribution is 6.28. The van der Waals surface area contributed by atoms with Crippen LogP contribution in [0.25, 0.3) is 0 Å². The van der Waals surface area contributed by atoms with Crippen LogP contribution < -0.4 is 10.2 Å². The van der Waals surface area contributed by atoms with Crippen molar-refractivity contribution < 1.29 is 0 Å². The summed E-state index contributed by atoms with van der Waals surface area (Å²) in [5.74, 6) is 1.93. The van der Waals surface area contributed by atoms with Crippen molar-refractivity contribution in [2.24, 2.45) is 5.92 Å². The first kappa shape index (κ1) is 14.3. The SMILES string of the molecule is CCCNc1nc(Cl)nc(N2CC(C)CCC2C)n1. The lowest BCUT2D eigenvalue weighted by atomic mass is 9.95. The van der Waals surface area contributed by atoms with Crippen molar-refractivity contribution in [1.29, 1.82) is 0 Å². The number of hydrogen-bond acceptors (Lipinski definition) is 5. The van der Waals surface area contributed by atoms with Gasteiger partial charge in [-0.05, 0) is 43.7 Å². The summed E-state index contributed by atoms with van der Waals surface area (Å²) in [4.78, 5) is 15.1. The second-order valence-corrected chi connectivity index (χ2v) is 5.68. The maximum absolute atomic E-state index is 6.00. The number of halogens is 1. The second kappa shape index (κ2) is 6.37. The third-order valence-electron chi connectivity index (χ3n) is 3.50. The fourth-order valence-corrected chi connectivity index (χ4v) is 2.51. The Morgan fingerprint density at radius 2 is 2.05 bits per heavy atom. The third-order valence-corrected chi connectivity index (χ3v) is 3.67. The van der Waals surface area contributed by atoms with E-state index in [-0.39, 0.29) is 5.28 Å². The molecule has 0 bridgehead atoms. The number of nitrogens with zero attached hydrogens (tertiary/aromatic N) is 4. The third kappa shape index (κ3) is 3.69. The van der Waals surface area contributed by atoms with E-state index in [9.17, 15) is 0 Å². The maximum Gasteiger partial charge on any atom is 0.231 e. The molecule has 2 rings (SSSR count). The average Bonchev–Trinajstić information content (AvgIpc) is 2.38. The molecule has 2 heterocycles. The Morgan fingerprint density at radius 3 is 2.79 bits per heavy atom. The van der Waals surface area contributed by atoms with E-state index in [1.807, 2.05) is 0 Å². The standard InChI is InChI=1S/C13H22ClN5/c1-4-7-15-12-16-11(14)17-13(18-12)19-8-9(2)5-6-10(19)3/h9-10H,4-8H2,1-3H3,(H,15,16,17,18). The summed E-state index contributed by atoms with van der Waals surface area (Å²) in [5, 5.41) is 3.43. The summed E-state index contributed by atoms with van der Waals surface area (Å²) in [6, 6.07) is 0.452. The molecule has 0 spiro atoms. The average molecular weight is 284 g/mol. The van der Waals surface area contributed by atoms with Crippen LogP contribution >= 0.6 is 11.6 Å². The molecule has 19 heavy (non-hydrogen) atoms. The summed E-state index contributed by atoms with van der Waals surface area (Å²) in [6.07, 6.45) is 3.45. The maximum atomic E-state index is 6.00. The molecule has 0 saturated carbocycles. The zero-order chi connectivity index (χ0) is 13.8. The number of hydrogen-bond donors (Lipinski definition) is 1. The minimum absolute atomic E-state index is 0.258. The predicted molar refractivity (Wildman–Crippen MR) is 78.8 cm³/mol. The van der Waals surface area contributed by atoms with Crippen LogP contribution in [0.2, 0.25) is 5.28 Å². The van der Waals surface area contributed by atoms with Crippen LogP contribution in [0.3, 0.4) is 0 Å². The fraction of sp³-hybridized carbons (Fsp3) is 0.769. The minimum atomic E-state index is 0.258. The topological polar surface area (TPSA) is 53.9 Å². The van der Waals surface area contributed by atoms with Gasteiger partial charge in [-0.1, -0.05) is 13.8 Å². The highest BCUT2D eigenvalue weighted by atomic mass is 35.5. The number of anilines is 2. The van der Waals surface area contributed by atoms with Gasteiger partial charge in [-0.15, -0.1) is 0 Å². The van der Waals surface area contributed by atoms with Crippen molar-refractivity contribution in [3.63, 3.8) is 0 Å². The summed E-state index contributed by atoms with van der Waals surface area (Å²) in [5.41, 5.74) is 0. The van der Waals surface area contributed by atoms with E-state index in [0.717, 1.165) is 19.5 Å². The van der Waals surface area contributed by atoms with Crippen LogP contribution in [0.15, 0.2) is 0 Å². The van der Waals surface area contributed by atoms with Gasteiger partial charge in [-0.3, -0.25) is 0 Å². The van der Waals surface area contributed by atoms with Crippen molar-refractivity contribution >= 4 is 23.5 Å². The Hall–Kier alpha value is -1.10. The number of piperidine rings is 1. The van der Waals surface area contributed by atoms with Crippen molar-refractivity contribution in [1.82, 2.24) is 15.0 Å². The van der Waals surface area contributed by atoms with Crippen molar-refractivity contribution in [3.05, 3.63) is 5.28 Å². The van der Waals surface area contributed by atoms with E-state index in [1.165, 1.54) is 12.8 Å². The molecule has 1 aromatic heterocycles. The summed E-state index contributed by atoms with van der Waals surface area (Å²) in [7, 11) is 0. The van der Waals surface area contributed by atoms with Gasteiger partial charge in [0, 0.05) is 19.1 Å². The highest BCUT2D eigenvalue weighted by Crippen LogP contribution is 2.26. The molecule has 1 N–H and O–H groups in total. The molecule has 1 aliphatic heterocycles. The van der Waals surface area contributed by atoms with E-state index in [2.05, 4.69) is 45.9 Å². The molecular weight excluding hydrogens is 262 g/mol. The van der Waals surface area contributed by atoms with Gasteiger partial charge >= 0.3 is 0 Å². The summed E-state index contributed by atoms with van der Waals surface area (Å²) in [6.45, 7) is 8.40. The van der Waals surface area contributed by atoms with Gasteiger partial charge in [0.2, 0.25) is 17.2 Å². The van der Waals surface area contributed by atoms with E-state index in [4.69, 9.17) is 11.6 Å². The molecular formula is C13H22ClN5. The molecule has 0 amide bonds. The van der Waals surface area contributed by atoms with Crippen molar-refractivity contribution in [2.75, 3.05) is 23.3 Å². The Balaban J connectivity index is 2.20. The van der Waals surface area contributed by atoms with Crippen LogP contribution in [0, 0.1) is 5.92 Å². The lowest BCUT2D eigenvalue weighted by molar-refractivity contribution is 0.385. The van der Waals surface area contributed by atoms with Crippen molar-refractivity contribution in [3.8, 4) is 0 Å². The second-order valence-electron chi connectivity index (χ2n) is 5.34. The molecule has 106 valence electrons. The van der Waals surface area contributed by atoms with Crippen LogP contribution in [0.1, 0.15) is 40.0 Å². The molecule has 5 nitrogen and oxygen atoms in total. The Morgan fingerprint density at radius 1 is 1.26 bits per heavy atom. The fourth-order valence-electron chi connectivity index (χ4n) is 2.35. The first-order chi connectivity index (χ1) is 9.10. The first-order valence-corrected chi connectivity index (χ1v) is 7.40. The normalized spacial score (nSPS) is 23.5. The lowest BCUT2D eigenvalue weighted by Crippen LogP contribution is -2.42. The molecule has 1 fully saturated rings. The Bertz CT molecular complexity index is 425. The van der Waals surface area contributed by atoms with Gasteiger partial charge in [0.15, 0.2) is 0 Å². The van der Waals surface area contributed by atoms with Gasteiger partial charge in [0.05, 0.1) is 0 Å². The Kier molecular flexibility index (Phi) is 4.80. The predicted octanol–water partition coefficient (Wildman–Crippen LogP) is 2.97. The number of nitrogens with one attached hydrogen (secondary N) is 1. The minimum Gasteiger partial charge on any atom is -0.354 e. The smallest absolute Gasteiger partial charge is 0.231 e. The van der Waals surface area contributed by atoms with Crippen LogP contribution in [0.4, 0.5) is 11.9 Å². The molecule has 1 aromatic rings. The molecule has 0 radical (unpaired) electrons. The molecule has 1 saturated heterocycles. The molecule has 2 unspecified atom stereocenters. The van der Waals surface area contributed by atoms with Crippen LogP contribution in [-0.2, 0) is 0 Å². The van der Waals surface area contributed by atoms with Gasteiger partial charge in [0.1, 0.15) is 0 Å². The zero-order valence-electron chi connectivity index (χ0n) is 11.9. The highest BCUT2D eigenvalue weighted by Gasteiger charge is 2.25. The summed E-state index contributed by atoms with van der Waals surface area (Å²) < 4.78 is 0. The zero-order valence-corrected chi connectivity index (χ0v) is 12.6. The molecule has 6 heteroatoms. The molecule has 0 aromatic carbocycles. The largest absolute Gasteiger partial charge is 0.354 e. The number of rotatable bonds is 4. The van der Waals surface area contributed by atoms with Crippen LogP contribution in [0.5, 0.6) is 0 Å². The van der Waals surface area contributed by atoms with Gasteiger partial charge < -0.3 is 10.2 Å². The quantitative estimate of drug-likeness (QED) is 0.921. The monoisotopic (exact) mass is 283 g/mol. The van der Waals surface area contributed by atoms with Gasteiger partial charge in [-0.25, -0.2) is 0 Å². The Labute approximate surface area is 119 Å². The van der Waals surface area contributed by atoms with Gasteiger partial charge in [0.25, 0.3) is 0 Å². The van der Waals surface area contributed by atoms with E-state index < -0.39 is 0 Å². The van der Waals surface area contributed by atoms with Crippen molar-refractivity contribution in [2.45, 2.75) is 46.1 Å². The van der Waals surface area contributed by atoms with Crippen LogP contribution in [-0.4, -0.2) is 34.1 Å². The van der Waals surface area contributed by atoms with Gasteiger partial charge in [-0.2, -0.15) is 15.0 Å². The lowest BCUT2D eigenvalue weighted by Gasteiger charge is -2.36. The molecule has 1 aliphatic rings. The molecule has 2 atom stereocenters. The van der Waals surface area contributed by atoms with E-state index in [0.29, 0.717) is 23.9 Å². The van der Waals surface area contributed by atoms with E-state index in [1.54, 1.807) is 0 Å². The number of aromatic nitrogens is 3. The van der Waals surface area contributed by atoms with E-state index >= 15 is 0 Å². The summed E-state index contributed by atoms with van der Waals surface area (Å²) >= 11 is 6.00.